The summed E-state index contributed by atoms with van der Waals surface area (Å²) in [6.07, 6.45) is 0. The Labute approximate surface area is 138 Å². The summed E-state index contributed by atoms with van der Waals surface area (Å²) in [5, 5.41) is -0.121. The summed E-state index contributed by atoms with van der Waals surface area (Å²) in [5.74, 6) is -1.58. The topological polar surface area (TPSA) is 85.5 Å². The van der Waals surface area contributed by atoms with Gasteiger partial charge in [0, 0.05) is 16.4 Å². The molecule has 0 fully saturated rings. The number of rotatable bonds is 1. The molecule has 23 heavy (non-hydrogen) atoms. The summed E-state index contributed by atoms with van der Waals surface area (Å²) < 4.78 is 10.2. The molecule has 0 radical (unpaired) electrons. The maximum atomic E-state index is 12.5. The molecule has 8 heteroatoms. The van der Waals surface area contributed by atoms with Gasteiger partial charge in [0.25, 0.3) is 0 Å². The summed E-state index contributed by atoms with van der Waals surface area (Å²) in [6.45, 7) is 0. The van der Waals surface area contributed by atoms with Crippen molar-refractivity contribution >= 4 is 35.0 Å². The minimum atomic E-state index is -0.747. The van der Waals surface area contributed by atoms with Crippen LogP contribution in [0.25, 0.3) is 0 Å². The molecule has 0 spiro atoms. The monoisotopic (exact) mass is 349 g/mol. The van der Waals surface area contributed by atoms with E-state index in [9.17, 15) is 14.4 Å². The molecule has 3 heterocycles. The Kier molecular flexibility index (Phi) is 3.31. The normalized spacial score (nSPS) is 24.9. The fourth-order valence-electron chi connectivity index (χ4n) is 3.07. The van der Waals surface area contributed by atoms with Crippen molar-refractivity contribution in [3.05, 3.63) is 44.4 Å². The Hall–Kier alpha value is -2.06. The van der Waals surface area contributed by atoms with Crippen molar-refractivity contribution in [2.75, 3.05) is 7.11 Å². The third kappa shape index (κ3) is 2.13. The number of carbonyl (C=O) groups is 2. The Morgan fingerprint density at radius 1 is 1.30 bits per heavy atom. The third-order valence-electron chi connectivity index (χ3n) is 4.02. The van der Waals surface area contributed by atoms with Crippen LogP contribution in [0.1, 0.15) is 16.4 Å². The predicted octanol–water partition coefficient (Wildman–Crippen LogP) is 1.75. The van der Waals surface area contributed by atoms with Gasteiger partial charge in [-0.1, -0.05) is 41.3 Å². The number of para-hydroxylation sites is 1. The molecule has 0 aliphatic carbocycles. The number of thiazole rings is 1. The minimum Gasteiger partial charge on any atom is -0.468 e. The summed E-state index contributed by atoms with van der Waals surface area (Å²) in [6, 6.07) is 7.20. The second kappa shape index (κ2) is 5.24. The second-order valence-electron chi connectivity index (χ2n) is 5.23. The number of carbonyl (C=O) groups excluding carboxylic acids is 2. The number of aromatic amines is 1. The Morgan fingerprint density at radius 3 is 2.87 bits per heavy atom. The van der Waals surface area contributed by atoms with Crippen molar-refractivity contribution in [1.82, 2.24) is 4.98 Å². The number of thioether (sulfide) groups is 1. The Bertz CT molecular complexity index is 871. The van der Waals surface area contributed by atoms with Gasteiger partial charge >= 0.3 is 16.8 Å². The first kappa shape index (κ1) is 14.5. The summed E-state index contributed by atoms with van der Waals surface area (Å²) in [5.41, 5.74) is 0.808. The van der Waals surface area contributed by atoms with E-state index in [2.05, 4.69) is 4.98 Å². The van der Waals surface area contributed by atoms with Gasteiger partial charge in [0.05, 0.1) is 18.1 Å². The quantitative estimate of drug-likeness (QED) is 0.624. The van der Waals surface area contributed by atoms with E-state index in [1.165, 1.54) is 7.11 Å². The lowest BCUT2D eigenvalue weighted by Crippen LogP contribution is -2.44. The van der Waals surface area contributed by atoms with Crippen LogP contribution in [-0.2, 0) is 14.3 Å². The molecule has 2 aliphatic heterocycles. The van der Waals surface area contributed by atoms with Crippen molar-refractivity contribution in [2.45, 2.75) is 16.2 Å². The average molecular weight is 349 g/mol. The summed E-state index contributed by atoms with van der Waals surface area (Å²) in [4.78, 5) is 39.8. The van der Waals surface area contributed by atoms with E-state index in [-0.39, 0.29) is 10.8 Å². The molecule has 6 nitrogen and oxygen atoms in total. The smallest absolute Gasteiger partial charge is 0.320 e. The number of fused-ring (bicyclic) bond motifs is 5. The van der Waals surface area contributed by atoms with E-state index < -0.39 is 23.1 Å². The van der Waals surface area contributed by atoms with E-state index in [4.69, 9.17) is 9.47 Å². The average Bonchev–Trinajstić information content (AvgIpc) is 2.93. The summed E-state index contributed by atoms with van der Waals surface area (Å²) >= 11 is 2.23. The van der Waals surface area contributed by atoms with Crippen molar-refractivity contribution in [3.8, 4) is 5.75 Å². The molecule has 1 aromatic carbocycles. The number of esters is 2. The number of nitrogens with one attached hydrogen (secondary N) is 1. The van der Waals surface area contributed by atoms with Gasteiger partial charge < -0.3 is 14.5 Å². The number of hydrogen-bond acceptors (Lipinski definition) is 7. The van der Waals surface area contributed by atoms with E-state index in [0.29, 0.717) is 10.8 Å². The van der Waals surface area contributed by atoms with Crippen LogP contribution in [0.2, 0.25) is 0 Å². The van der Waals surface area contributed by atoms with Crippen LogP contribution in [0.4, 0.5) is 0 Å². The lowest BCUT2D eigenvalue weighted by molar-refractivity contribution is -0.149. The van der Waals surface area contributed by atoms with E-state index in [1.807, 2.05) is 12.1 Å². The molecule has 1 aromatic heterocycles. The van der Waals surface area contributed by atoms with Crippen LogP contribution in [-0.4, -0.2) is 29.3 Å². The molecular formula is C15H11NO5S2. The first-order valence-corrected chi connectivity index (χ1v) is 8.58. The van der Waals surface area contributed by atoms with E-state index >= 15 is 0 Å². The van der Waals surface area contributed by atoms with Crippen LogP contribution in [0.15, 0.2) is 34.1 Å². The van der Waals surface area contributed by atoms with Crippen LogP contribution in [0.5, 0.6) is 5.75 Å². The second-order valence-corrected chi connectivity index (χ2v) is 7.40. The highest BCUT2D eigenvalue weighted by Gasteiger charge is 2.51. The zero-order valence-electron chi connectivity index (χ0n) is 11.9. The molecule has 2 aliphatic rings. The van der Waals surface area contributed by atoms with Gasteiger partial charge in [0.1, 0.15) is 11.0 Å². The van der Waals surface area contributed by atoms with Crippen LogP contribution in [0.3, 0.4) is 0 Å². The minimum absolute atomic E-state index is 0.205. The predicted molar refractivity (Wildman–Crippen MR) is 84.0 cm³/mol. The largest absolute Gasteiger partial charge is 0.468 e. The molecule has 2 aromatic rings. The van der Waals surface area contributed by atoms with Gasteiger partial charge in [-0.3, -0.25) is 14.4 Å². The zero-order valence-corrected chi connectivity index (χ0v) is 13.5. The van der Waals surface area contributed by atoms with Crippen LogP contribution < -0.4 is 9.61 Å². The lowest BCUT2D eigenvalue weighted by Gasteiger charge is -2.37. The molecule has 0 bridgehead atoms. The molecule has 118 valence electrons. The molecule has 0 unspecified atom stereocenters. The highest BCUT2D eigenvalue weighted by molar-refractivity contribution is 8.00. The van der Waals surface area contributed by atoms with E-state index in [1.54, 1.807) is 12.1 Å². The highest BCUT2D eigenvalue weighted by Crippen LogP contribution is 2.53. The fourth-order valence-corrected chi connectivity index (χ4v) is 5.56. The number of benzene rings is 1. The number of ether oxygens (including phenoxy) is 2. The standard InChI is InChI=1S/C15H11NO5S2/c1-20-14(18)11-9-8(10-12(22-11)16-15(19)23-10)6-4-2-3-5-7(6)21-13(9)17/h2-5,8-9,11H,1H3,(H,16,19)/t8-,9-,11+/m1/s1. The molecular weight excluding hydrogens is 338 g/mol. The number of methoxy groups -OCH3 is 1. The van der Waals surface area contributed by atoms with Gasteiger partial charge in [-0.05, 0) is 6.07 Å². The van der Waals surface area contributed by atoms with Crippen LogP contribution >= 0.6 is 23.1 Å². The number of H-pyrrole nitrogens is 1. The third-order valence-corrected chi connectivity index (χ3v) is 6.42. The van der Waals surface area contributed by atoms with Gasteiger partial charge in [-0.2, -0.15) is 0 Å². The highest BCUT2D eigenvalue weighted by atomic mass is 32.2. The fraction of sp³-hybridized carbons (Fsp3) is 0.267. The van der Waals surface area contributed by atoms with Gasteiger partial charge in [0.2, 0.25) is 0 Å². The Morgan fingerprint density at radius 2 is 2.09 bits per heavy atom. The SMILES string of the molecule is COC(=O)[C@H]1Sc2[nH]c(=O)sc2[C@@H]2c3ccccc3OC(=O)[C@H]21. The van der Waals surface area contributed by atoms with Crippen molar-refractivity contribution in [1.29, 1.82) is 0 Å². The van der Waals surface area contributed by atoms with Crippen LogP contribution in [0, 0.1) is 5.92 Å². The first-order valence-electron chi connectivity index (χ1n) is 6.88. The van der Waals surface area contributed by atoms with Crippen molar-refractivity contribution < 1.29 is 19.1 Å². The first-order chi connectivity index (χ1) is 11.1. The number of hydrogen-bond donors (Lipinski definition) is 1. The maximum Gasteiger partial charge on any atom is 0.320 e. The van der Waals surface area contributed by atoms with E-state index in [0.717, 1.165) is 33.5 Å². The Balaban J connectivity index is 1.95. The molecule has 0 amide bonds. The van der Waals surface area contributed by atoms with Gasteiger partial charge in [-0.25, -0.2) is 0 Å². The van der Waals surface area contributed by atoms with Gasteiger partial charge in [0.15, 0.2) is 0 Å². The lowest BCUT2D eigenvalue weighted by atomic mass is 9.80. The van der Waals surface area contributed by atoms with Crippen molar-refractivity contribution in [2.24, 2.45) is 5.92 Å². The maximum absolute atomic E-state index is 12.5. The van der Waals surface area contributed by atoms with Crippen molar-refractivity contribution in [3.63, 3.8) is 0 Å². The molecule has 1 N–H and O–H groups in total. The molecule has 0 saturated carbocycles. The number of aromatic nitrogens is 1. The molecule has 0 saturated heterocycles. The zero-order chi connectivity index (χ0) is 16.1. The summed E-state index contributed by atoms with van der Waals surface area (Å²) in [7, 11) is 1.28. The molecule has 4 rings (SSSR count). The molecule has 3 atom stereocenters. The van der Waals surface area contributed by atoms with Gasteiger partial charge in [-0.15, -0.1) is 0 Å².